The van der Waals surface area contributed by atoms with E-state index >= 15 is 0 Å². The molecule has 22 heavy (non-hydrogen) atoms. The molecular formula is C17H14FNOS2. The first kappa shape index (κ1) is 15.1. The number of nitrogens with zero attached hydrogens (tertiary/aromatic N) is 1. The van der Waals surface area contributed by atoms with Crippen molar-refractivity contribution in [1.29, 1.82) is 0 Å². The van der Waals surface area contributed by atoms with Crippen LogP contribution in [0.15, 0.2) is 60.0 Å². The summed E-state index contributed by atoms with van der Waals surface area (Å²) in [6, 6.07) is 16.0. The van der Waals surface area contributed by atoms with Gasteiger partial charge in [-0.3, -0.25) is 4.21 Å². The topological polar surface area (TPSA) is 30.0 Å². The average molecular weight is 331 g/mol. The maximum atomic E-state index is 12.9. The van der Waals surface area contributed by atoms with Crippen LogP contribution in [0.25, 0.3) is 10.6 Å². The van der Waals surface area contributed by atoms with E-state index in [1.54, 1.807) is 12.1 Å². The van der Waals surface area contributed by atoms with Gasteiger partial charge in [0.25, 0.3) is 0 Å². The SMILES string of the molecule is O=S(Cc1ccccc1)Cc1csc(-c2ccc(F)cc2)n1. The molecule has 0 fully saturated rings. The number of hydrogen-bond donors (Lipinski definition) is 0. The molecule has 0 radical (unpaired) electrons. The smallest absolute Gasteiger partial charge is 0.123 e. The molecule has 1 heterocycles. The van der Waals surface area contributed by atoms with Gasteiger partial charge in [0.15, 0.2) is 0 Å². The lowest BCUT2D eigenvalue weighted by Gasteiger charge is -2.00. The van der Waals surface area contributed by atoms with E-state index in [9.17, 15) is 8.60 Å². The van der Waals surface area contributed by atoms with Gasteiger partial charge in [0, 0.05) is 27.5 Å². The maximum absolute atomic E-state index is 12.9. The van der Waals surface area contributed by atoms with Gasteiger partial charge in [-0.25, -0.2) is 9.37 Å². The van der Waals surface area contributed by atoms with Crippen molar-refractivity contribution in [2.75, 3.05) is 0 Å². The van der Waals surface area contributed by atoms with Crippen molar-refractivity contribution >= 4 is 22.1 Å². The van der Waals surface area contributed by atoms with Crippen LogP contribution in [0.2, 0.25) is 0 Å². The standard InChI is InChI=1S/C17H14FNOS2/c18-15-8-6-14(7-9-15)17-19-16(10-21-17)12-22(20)11-13-4-2-1-3-5-13/h1-10H,11-12H2. The second kappa shape index (κ2) is 6.94. The summed E-state index contributed by atoms with van der Waals surface area (Å²) in [4.78, 5) is 4.49. The van der Waals surface area contributed by atoms with Crippen LogP contribution in [0.3, 0.4) is 0 Å². The molecule has 0 saturated heterocycles. The molecule has 1 unspecified atom stereocenters. The largest absolute Gasteiger partial charge is 0.259 e. The molecule has 0 bridgehead atoms. The van der Waals surface area contributed by atoms with Crippen LogP contribution in [0, 0.1) is 5.82 Å². The molecule has 0 aliphatic carbocycles. The highest BCUT2D eigenvalue weighted by Gasteiger charge is 2.09. The van der Waals surface area contributed by atoms with Gasteiger partial charge in [-0.15, -0.1) is 11.3 Å². The number of rotatable bonds is 5. The second-order valence-corrected chi connectivity index (χ2v) is 7.18. The van der Waals surface area contributed by atoms with Crippen LogP contribution in [0.1, 0.15) is 11.3 Å². The van der Waals surface area contributed by atoms with Gasteiger partial charge in [-0.2, -0.15) is 0 Å². The Bertz CT molecular complexity index is 769. The number of aromatic nitrogens is 1. The third kappa shape index (κ3) is 3.87. The van der Waals surface area contributed by atoms with Crippen molar-refractivity contribution in [3.05, 3.63) is 77.1 Å². The van der Waals surface area contributed by atoms with E-state index in [1.165, 1.54) is 23.5 Å². The Morgan fingerprint density at radius 1 is 1.00 bits per heavy atom. The molecule has 1 aromatic heterocycles. The fourth-order valence-electron chi connectivity index (χ4n) is 2.07. The Kier molecular flexibility index (Phi) is 4.75. The highest BCUT2D eigenvalue weighted by atomic mass is 32.2. The van der Waals surface area contributed by atoms with Crippen molar-refractivity contribution in [2.45, 2.75) is 11.5 Å². The van der Waals surface area contributed by atoms with E-state index in [0.29, 0.717) is 11.5 Å². The van der Waals surface area contributed by atoms with E-state index in [4.69, 9.17) is 0 Å². The Balaban J connectivity index is 1.66. The van der Waals surface area contributed by atoms with E-state index < -0.39 is 10.8 Å². The summed E-state index contributed by atoms with van der Waals surface area (Å²) < 4.78 is 25.1. The van der Waals surface area contributed by atoms with Gasteiger partial charge in [0.05, 0.1) is 11.4 Å². The molecule has 3 aromatic rings. The zero-order valence-electron chi connectivity index (χ0n) is 11.7. The molecule has 0 N–H and O–H groups in total. The van der Waals surface area contributed by atoms with Crippen LogP contribution in [0.5, 0.6) is 0 Å². The number of halogens is 1. The van der Waals surface area contributed by atoms with Crippen molar-refractivity contribution in [3.63, 3.8) is 0 Å². The Hall–Kier alpha value is -1.85. The van der Waals surface area contributed by atoms with Crippen LogP contribution >= 0.6 is 11.3 Å². The van der Waals surface area contributed by atoms with Gasteiger partial charge in [-0.1, -0.05) is 30.3 Å². The Morgan fingerprint density at radius 2 is 1.73 bits per heavy atom. The van der Waals surface area contributed by atoms with Crippen molar-refractivity contribution in [1.82, 2.24) is 4.98 Å². The monoisotopic (exact) mass is 331 g/mol. The number of thiazole rings is 1. The van der Waals surface area contributed by atoms with Crippen molar-refractivity contribution in [2.24, 2.45) is 0 Å². The summed E-state index contributed by atoms with van der Waals surface area (Å²) in [6.07, 6.45) is 0. The van der Waals surface area contributed by atoms with Gasteiger partial charge < -0.3 is 0 Å². The first-order chi connectivity index (χ1) is 10.7. The molecule has 0 spiro atoms. The molecule has 2 nitrogen and oxygen atoms in total. The summed E-state index contributed by atoms with van der Waals surface area (Å²) in [7, 11) is -0.985. The summed E-state index contributed by atoms with van der Waals surface area (Å²) >= 11 is 1.49. The molecule has 3 rings (SSSR count). The predicted octanol–water partition coefficient (Wildman–Crippen LogP) is 4.40. The van der Waals surface area contributed by atoms with E-state index in [0.717, 1.165) is 21.8 Å². The zero-order valence-corrected chi connectivity index (χ0v) is 13.4. The lowest BCUT2D eigenvalue weighted by atomic mass is 10.2. The number of benzene rings is 2. The van der Waals surface area contributed by atoms with Crippen molar-refractivity contribution in [3.8, 4) is 10.6 Å². The van der Waals surface area contributed by atoms with Gasteiger partial charge in [-0.05, 0) is 29.8 Å². The van der Waals surface area contributed by atoms with Gasteiger partial charge >= 0.3 is 0 Å². The second-order valence-electron chi connectivity index (χ2n) is 4.86. The Labute approximate surface area is 135 Å². The van der Waals surface area contributed by atoms with E-state index in [2.05, 4.69) is 4.98 Å². The highest BCUT2D eigenvalue weighted by molar-refractivity contribution is 7.83. The number of hydrogen-bond acceptors (Lipinski definition) is 3. The first-order valence-corrected chi connectivity index (χ1v) is 9.17. The van der Waals surface area contributed by atoms with Crippen LogP contribution in [-0.2, 0) is 22.3 Å². The molecule has 0 aliphatic rings. The highest BCUT2D eigenvalue weighted by Crippen LogP contribution is 2.24. The average Bonchev–Trinajstić information content (AvgIpc) is 2.97. The Morgan fingerprint density at radius 3 is 2.45 bits per heavy atom. The van der Waals surface area contributed by atoms with E-state index in [1.807, 2.05) is 35.7 Å². The quantitative estimate of drug-likeness (QED) is 0.694. The minimum atomic E-state index is -0.985. The normalized spacial score (nSPS) is 12.2. The van der Waals surface area contributed by atoms with Crippen LogP contribution in [-0.4, -0.2) is 9.19 Å². The fourth-order valence-corrected chi connectivity index (χ4v) is 4.15. The molecule has 5 heteroatoms. The third-order valence-electron chi connectivity index (χ3n) is 3.12. The molecule has 1 atom stereocenters. The predicted molar refractivity (Wildman–Crippen MR) is 89.5 cm³/mol. The lowest BCUT2D eigenvalue weighted by molar-refractivity contribution is 0.628. The van der Waals surface area contributed by atoms with Crippen LogP contribution < -0.4 is 0 Å². The lowest BCUT2D eigenvalue weighted by Crippen LogP contribution is -1.99. The molecular weight excluding hydrogens is 317 g/mol. The molecule has 0 aliphatic heterocycles. The van der Waals surface area contributed by atoms with E-state index in [-0.39, 0.29) is 5.82 Å². The molecule has 0 amide bonds. The van der Waals surface area contributed by atoms with Gasteiger partial charge in [0.1, 0.15) is 10.8 Å². The third-order valence-corrected chi connectivity index (χ3v) is 5.34. The minimum absolute atomic E-state index is 0.260. The fraction of sp³-hybridized carbons (Fsp3) is 0.118. The maximum Gasteiger partial charge on any atom is 0.123 e. The zero-order chi connectivity index (χ0) is 15.4. The van der Waals surface area contributed by atoms with Crippen LogP contribution in [0.4, 0.5) is 4.39 Å². The first-order valence-electron chi connectivity index (χ1n) is 6.80. The van der Waals surface area contributed by atoms with Gasteiger partial charge in [0.2, 0.25) is 0 Å². The summed E-state index contributed by atoms with van der Waals surface area (Å²) in [5, 5.41) is 2.74. The minimum Gasteiger partial charge on any atom is -0.259 e. The molecule has 112 valence electrons. The molecule has 0 saturated carbocycles. The summed E-state index contributed by atoms with van der Waals surface area (Å²) in [5.74, 6) is 0.709. The molecule has 2 aromatic carbocycles. The van der Waals surface area contributed by atoms with Crippen molar-refractivity contribution < 1.29 is 8.60 Å². The summed E-state index contributed by atoms with van der Waals surface area (Å²) in [5.41, 5.74) is 2.76. The summed E-state index contributed by atoms with van der Waals surface area (Å²) in [6.45, 7) is 0.